The minimum absolute atomic E-state index is 0.0771. The summed E-state index contributed by atoms with van der Waals surface area (Å²) in [6.45, 7) is 2.04. The third kappa shape index (κ3) is 2.23. The van der Waals surface area contributed by atoms with Gasteiger partial charge in [-0.3, -0.25) is 10.1 Å². The van der Waals surface area contributed by atoms with Gasteiger partial charge >= 0.3 is 0 Å². The molecular formula is C16H12N2O2. The quantitative estimate of drug-likeness (QED) is 0.516. The first-order valence-electron chi connectivity index (χ1n) is 6.26. The number of benzene rings is 2. The number of hydrogen-bond donors (Lipinski definition) is 0. The molecule has 4 nitrogen and oxygen atoms in total. The van der Waals surface area contributed by atoms with Crippen LogP contribution >= 0.6 is 0 Å². The maximum absolute atomic E-state index is 10.8. The Morgan fingerprint density at radius 3 is 2.70 bits per heavy atom. The lowest BCUT2D eigenvalue weighted by molar-refractivity contribution is -0.384. The largest absolute Gasteiger partial charge is 0.270 e. The fraction of sp³-hybridized carbons (Fsp3) is 0.0625. The van der Waals surface area contributed by atoms with Gasteiger partial charge in [0.1, 0.15) is 0 Å². The molecule has 0 saturated heterocycles. The van der Waals surface area contributed by atoms with Crippen molar-refractivity contribution in [2.24, 2.45) is 0 Å². The number of fused-ring (bicyclic) bond motifs is 1. The zero-order valence-corrected chi connectivity index (χ0v) is 10.9. The Labute approximate surface area is 115 Å². The number of nitro groups is 1. The molecule has 0 saturated carbocycles. The second-order valence-corrected chi connectivity index (χ2v) is 4.70. The normalized spacial score (nSPS) is 10.7. The highest BCUT2D eigenvalue weighted by atomic mass is 16.6. The van der Waals surface area contributed by atoms with Crippen LogP contribution < -0.4 is 0 Å². The molecule has 3 aromatic rings. The van der Waals surface area contributed by atoms with Crippen LogP contribution in [0.25, 0.3) is 22.2 Å². The number of aromatic nitrogens is 1. The lowest BCUT2D eigenvalue weighted by atomic mass is 10.1. The van der Waals surface area contributed by atoms with E-state index in [0.717, 1.165) is 22.2 Å². The van der Waals surface area contributed by atoms with Gasteiger partial charge in [-0.05, 0) is 25.1 Å². The summed E-state index contributed by atoms with van der Waals surface area (Å²) in [6, 6.07) is 16.4. The zero-order valence-electron chi connectivity index (χ0n) is 10.9. The van der Waals surface area contributed by atoms with Crippen LogP contribution in [0.3, 0.4) is 0 Å². The van der Waals surface area contributed by atoms with Gasteiger partial charge in [0.15, 0.2) is 0 Å². The number of nitrogens with zero attached hydrogens (tertiary/aromatic N) is 2. The number of nitro benzene ring substituents is 1. The van der Waals surface area contributed by atoms with Crippen molar-refractivity contribution < 1.29 is 4.92 Å². The van der Waals surface area contributed by atoms with E-state index >= 15 is 0 Å². The molecule has 0 aliphatic heterocycles. The van der Waals surface area contributed by atoms with Crippen LogP contribution in [-0.4, -0.2) is 9.91 Å². The Bertz CT molecular complexity index is 812. The Morgan fingerprint density at radius 1 is 1.05 bits per heavy atom. The second kappa shape index (κ2) is 4.74. The van der Waals surface area contributed by atoms with Gasteiger partial charge in [0.25, 0.3) is 5.69 Å². The summed E-state index contributed by atoms with van der Waals surface area (Å²) in [5, 5.41) is 11.9. The van der Waals surface area contributed by atoms with E-state index in [1.54, 1.807) is 12.1 Å². The van der Waals surface area contributed by atoms with Crippen LogP contribution in [0.15, 0.2) is 54.6 Å². The van der Waals surface area contributed by atoms with Gasteiger partial charge in [-0.2, -0.15) is 0 Å². The van der Waals surface area contributed by atoms with Crippen molar-refractivity contribution in [2.75, 3.05) is 0 Å². The molecule has 0 spiro atoms. The van der Waals surface area contributed by atoms with Gasteiger partial charge in [0.05, 0.1) is 16.1 Å². The molecule has 1 heterocycles. The standard InChI is InChI=1S/C16H12N2O2/c1-11-5-7-15-13(9-11)6-8-16(17-15)12-3-2-4-14(10-12)18(19)20/h2-10H,1H3. The SMILES string of the molecule is Cc1ccc2nc(-c3cccc([N+](=O)[O-])c3)ccc2c1. The average Bonchev–Trinajstić information content (AvgIpc) is 2.47. The highest BCUT2D eigenvalue weighted by Gasteiger charge is 2.08. The number of aryl methyl sites for hydroxylation is 1. The van der Waals surface area contributed by atoms with Gasteiger partial charge in [0, 0.05) is 23.1 Å². The second-order valence-electron chi connectivity index (χ2n) is 4.70. The summed E-state index contributed by atoms with van der Waals surface area (Å²) in [4.78, 5) is 15.0. The Kier molecular flexibility index (Phi) is 2.91. The first-order valence-corrected chi connectivity index (χ1v) is 6.26. The maximum atomic E-state index is 10.8. The topological polar surface area (TPSA) is 56.0 Å². The number of hydrogen-bond acceptors (Lipinski definition) is 3. The van der Waals surface area contributed by atoms with Crippen molar-refractivity contribution in [1.82, 2.24) is 4.98 Å². The number of rotatable bonds is 2. The molecule has 0 atom stereocenters. The first kappa shape index (κ1) is 12.3. The van der Waals surface area contributed by atoms with Crippen LogP contribution in [0.1, 0.15) is 5.56 Å². The van der Waals surface area contributed by atoms with Crippen molar-refractivity contribution in [3.05, 3.63) is 70.3 Å². The smallest absolute Gasteiger partial charge is 0.258 e. The lowest BCUT2D eigenvalue weighted by Crippen LogP contribution is -1.90. The van der Waals surface area contributed by atoms with Crippen molar-refractivity contribution >= 4 is 16.6 Å². The van der Waals surface area contributed by atoms with Crippen LogP contribution in [0.5, 0.6) is 0 Å². The minimum Gasteiger partial charge on any atom is -0.258 e. The molecule has 3 rings (SSSR count). The number of pyridine rings is 1. The molecule has 0 aliphatic carbocycles. The monoisotopic (exact) mass is 264 g/mol. The molecule has 1 aromatic heterocycles. The van der Waals surface area contributed by atoms with E-state index in [1.165, 1.54) is 11.6 Å². The Morgan fingerprint density at radius 2 is 1.90 bits per heavy atom. The average molecular weight is 264 g/mol. The van der Waals surface area contributed by atoms with Gasteiger partial charge in [-0.1, -0.05) is 29.8 Å². The Balaban J connectivity index is 2.12. The predicted molar refractivity (Wildman–Crippen MR) is 78.6 cm³/mol. The summed E-state index contributed by atoms with van der Waals surface area (Å²) < 4.78 is 0. The molecule has 98 valence electrons. The lowest BCUT2D eigenvalue weighted by Gasteiger charge is -2.04. The summed E-state index contributed by atoms with van der Waals surface area (Å²) in [5.41, 5.74) is 3.64. The molecule has 4 heteroatoms. The van der Waals surface area contributed by atoms with E-state index in [0.29, 0.717) is 0 Å². The van der Waals surface area contributed by atoms with E-state index in [1.807, 2.05) is 37.3 Å². The highest BCUT2D eigenvalue weighted by Crippen LogP contribution is 2.24. The van der Waals surface area contributed by atoms with E-state index in [9.17, 15) is 10.1 Å². The first-order chi connectivity index (χ1) is 9.63. The molecule has 0 bridgehead atoms. The Hall–Kier alpha value is -2.75. The van der Waals surface area contributed by atoms with Crippen molar-refractivity contribution in [3.63, 3.8) is 0 Å². The highest BCUT2D eigenvalue weighted by molar-refractivity contribution is 5.82. The molecule has 2 aromatic carbocycles. The van der Waals surface area contributed by atoms with Crippen molar-refractivity contribution in [1.29, 1.82) is 0 Å². The summed E-state index contributed by atoms with van der Waals surface area (Å²) in [7, 11) is 0. The zero-order chi connectivity index (χ0) is 14.1. The van der Waals surface area contributed by atoms with Crippen LogP contribution in [0.4, 0.5) is 5.69 Å². The molecular weight excluding hydrogens is 252 g/mol. The third-order valence-electron chi connectivity index (χ3n) is 3.20. The molecule has 0 aliphatic rings. The van der Waals surface area contributed by atoms with Gasteiger partial charge in [0.2, 0.25) is 0 Å². The molecule has 0 amide bonds. The van der Waals surface area contributed by atoms with Crippen molar-refractivity contribution in [3.8, 4) is 11.3 Å². The molecule has 0 unspecified atom stereocenters. The molecule has 20 heavy (non-hydrogen) atoms. The van der Waals surface area contributed by atoms with E-state index < -0.39 is 4.92 Å². The van der Waals surface area contributed by atoms with Crippen molar-refractivity contribution in [2.45, 2.75) is 6.92 Å². The van der Waals surface area contributed by atoms with Crippen LogP contribution in [0.2, 0.25) is 0 Å². The third-order valence-corrected chi connectivity index (χ3v) is 3.20. The molecule has 0 N–H and O–H groups in total. The van der Waals surface area contributed by atoms with Gasteiger partial charge < -0.3 is 0 Å². The summed E-state index contributed by atoms with van der Waals surface area (Å²) in [5.74, 6) is 0. The van der Waals surface area contributed by atoms with Crippen LogP contribution in [-0.2, 0) is 0 Å². The fourth-order valence-electron chi connectivity index (χ4n) is 2.18. The minimum atomic E-state index is -0.395. The molecule has 0 fully saturated rings. The van der Waals surface area contributed by atoms with E-state index in [4.69, 9.17) is 0 Å². The summed E-state index contributed by atoms with van der Waals surface area (Å²) >= 11 is 0. The van der Waals surface area contributed by atoms with E-state index in [2.05, 4.69) is 11.1 Å². The maximum Gasteiger partial charge on any atom is 0.270 e. The van der Waals surface area contributed by atoms with Gasteiger partial charge in [-0.25, -0.2) is 4.98 Å². The fourth-order valence-corrected chi connectivity index (χ4v) is 2.18. The van der Waals surface area contributed by atoms with Gasteiger partial charge in [-0.15, -0.1) is 0 Å². The predicted octanol–water partition coefficient (Wildman–Crippen LogP) is 4.12. The molecule has 0 radical (unpaired) electrons. The van der Waals surface area contributed by atoms with Crippen LogP contribution in [0, 0.1) is 17.0 Å². The summed E-state index contributed by atoms with van der Waals surface area (Å²) in [6.07, 6.45) is 0. The van der Waals surface area contributed by atoms with E-state index in [-0.39, 0.29) is 5.69 Å². The number of non-ortho nitro benzene ring substituents is 1.